The predicted molar refractivity (Wildman–Crippen MR) is 89.5 cm³/mol. The highest BCUT2D eigenvalue weighted by Crippen LogP contribution is 2.15. The lowest BCUT2D eigenvalue weighted by Gasteiger charge is -2.22. The first-order valence-electron chi connectivity index (χ1n) is 8.66. The van der Waals surface area contributed by atoms with Gasteiger partial charge in [0, 0.05) is 18.0 Å². The maximum Gasteiger partial charge on any atom is 0.157 e. The molecule has 1 fully saturated rings. The average Bonchev–Trinajstić information content (AvgIpc) is 2.45. The van der Waals surface area contributed by atoms with Gasteiger partial charge in [-0.05, 0) is 32.1 Å². The third-order valence-electron chi connectivity index (χ3n) is 3.94. The van der Waals surface area contributed by atoms with Crippen molar-refractivity contribution in [2.45, 2.75) is 95.1 Å². The number of unbranched alkanes of at least 4 members (excludes halogenated alkanes) is 7. The van der Waals surface area contributed by atoms with E-state index in [0.29, 0.717) is 4.83 Å². The van der Waals surface area contributed by atoms with Crippen LogP contribution in [0.15, 0.2) is 0 Å². The Balaban J connectivity index is 1.72. The quantitative estimate of drug-likeness (QED) is 0.326. The van der Waals surface area contributed by atoms with E-state index in [1.165, 1.54) is 70.6 Å². The minimum absolute atomic E-state index is 0.0978. The topological polar surface area (TPSA) is 18.5 Å². The van der Waals surface area contributed by atoms with E-state index in [-0.39, 0.29) is 6.29 Å². The van der Waals surface area contributed by atoms with Crippen molar-refractivity contribution < 1.29 is 9.47 Å². The van der Waals surface area contributed by atoms with Gasteiger partial charge in [-0.15, -0.1) is 0 Å². The molecule has 0 radical (unpaired) electrons. The zero-order valence-corrected chi connectivity index (χ0v) is 14.8. The fourth-order valence-corrected chi connectivity index (χ4v) is 2.97. The van der Waals surface area contributed by atoms with E-state index >= 15 is 0 Å². The lowest BCUT2D eigenvalue weighted by atomic mass is 10.1. The van der Waals surface area contributed by atoms with Gasteiger partial charge in [0.15, 0.2) is 6.29 Å². The molecule has 0 aromatic carbocycles. The normalized spacial score (nSPS) is 21.0. The molecule has 0 N–H and O–H groups in total. The zero-order valence-electron chi connectivity index (χ0n) is 13.2. The fraction of sp³-hybridized carbons (Fsp3) is 1.00. The van der Waals surface area contributed by atoms with Gasteiger partial charge in [0.1, 0.15) is 0 Å². The van der Waals surface area contributed by atoms with Crippen LogP contribution in [0.5, 0.6) is 0 Å². The van der Waals surface area contributed by atoms with Crippen molar-refractivity contribution in [2.75, 3.05) is 13.2 Å². The molecule has 1 heterocycles. The van der Waals surface area contributed by atoms with Crippen molar-refractivity contribution >= 4 is 15.9 Å². The highest BCUT2D eigenvalue weighted by molar-refractivity contribution is 9.09. The molecular formula is C17H33BrO2. The minimum atomic E-state index is 0.0978. The molecule has 0 saturated carbocycles. The molecule has 0 spiro atoms. The van der Waals surface area contributed by atoms with E-state index in [0.717, 1.165) is 19.6 Å². The lowest BCUT2D eigenvalue weighted by molar-refractivity contribution is -0.162. The van der Waals surface area contributed by atoms with Gasteiger partial charge >= 0.3 is 0 Å². The Bertz CT molecular complexity index is 203. The van der Waals surface area contributed by atoms with E-state index in [2.05, 4.69) is 22.9 Å². The third kappa shape index (κ3) is 11.1. The van der Waals surface area contributed by atoms with Gasteiger partial charge in [-0.3, -0.25) is 0 Å². The molecule has 2 nitrogen and oxygen atoms in total. The third-order valence-corrected chi connectivity index (χ3v) is 4.40. The Morgan fingerprint density at radius 3 is 2.25 bits per heavy atom. The monoisotopic (exact) mass is 348 g/mol. The van der Waals surface area contributed by atoms with Gasteiger partial charge in [0.25, 0.3) is 0 Å². The first kappa shape index (κ1) is 18.4. The summed E-state index contributed by atoms with van der Waals surface area (Å²) in [6.45, 7) is 4.01. The standard InChI is InChI=1S/C17H33BrO2/c1-16(18)12-8-6-4-2-3-5-7-10-14-19-17-13-9-11-15-20-17/h16-17H,2-15H2,1H3. The second kappa shape index (κ2) is 13.1. The number of rotatable bonds is 12. The summed E-state index contributed by atoms with van der Waals surface area (Å²) >= 11 is 3.60. The first-order chi connectivity index (χ1) is 9.79. The molecule has 2 atom stereocenters. The van der Waals surface area contributed by atoms with Gasteiger partial charge < -0.3 is 9.47 Å². The molecule has 0 aromatic rings. The van der Waals surface area contributed by atoms with Crippen molar-refractivity contribution in [1.82, 2.24) is 0 Å². The minimum Gasteiger partial charge on any atom is -0.353 e. The molecule has 1 saturated heterocycles. The molecule has 1 rings (SSSR count). The van der Waals surface area contributed by atoms with Gasteiger partial charge in [-0.2, -0.15) is 0 Å². The number of ether oxygens (including phenoxy) is 2. The molecule has 20 heavy (non-hydrogen) atoms. The van der Waals surface area contributed by atoms with Crippen LogP contribution in [0.3, 0.4) is 0 Å². The van der Waals surface area contributed by atoms with Crippen LogP contribution in [0, 0.1) is 0 Å². The smallest absolute Gasteiger partial charge is 0.157 e. The van der Waals surface area contributed by atoms with Gasteiger partial charge in [0.05, 0.1) is 0 Å². The van der Waals surface area contributed by atoms with Crippen LogP contribution in [-0.4, -0.2) is 24.3 Å². The largest absolute Gasteiger partial charge is 0.353 e. The summed E-state index contributed by atoms with van der Waals surface area (Å²) in [5, 5.41) is 0. The summed E-state index contributed by atoms with van der Waals surface area (Å²) in [7, 11) is 0. The summed E-state index contributed by atoms with van der Waals surface area (Å²) in [6.07, 6.45) is 15.8. The van der Waals surface area contributed by atoms with E-state index in [1.54, 1.807) is 0 Å². The summed E-state index contributed by atoms with van der Waals surface area (Å²) < 4.78 is 11.3. The van der Waals surface area contributed by atoms with Crippen molar-refractivity contribution in [1.29, 1.82) is 0 Å². The van der Waals surface area contributed by atoms with Crippen LogP contribution in [0.2, 0.25) is 0 Å². The van der Waals surface area contributed by atoms with Crippen molar-refractivity contribution in [3.05, 3.63) is 0 Å². The fourth-order valence-electron chi connectivity index (χ4n) is 2.65. The maximum atomic E-state index is 5.74. The van der Waals surface area contributed by atoms with Crippen LogP contribution >= 0.6 is 15.9 Å². The van der Waals surface area contributed by atoms with Gasteiger partial charge in [-0.25, -0.2) is 0 Å². The molecule has 1 aliphatic heterocycles. The molecule has 0 bridgehead atoms. The molecular weight excluding hydrogens is 316 g/mol. The van der Waals surface area contributed by atoms with E-state index < -0.39 is 0 Å². The number of alkyl halides is 1. The molecule has 2 unspecified atom stereocenters. The SMILES string of the molecule is CC(Br)CCCCCCCCCCOC1CCCCO1. The molecule has 0 amide bonds. The van der Waals surface area contributed by atoms with Crippen LogP contribution in [0.25, 0.3) is 0 Å². The highest BCUT2D eigenvalue weighted by Gasteiger charge is 2.13. The van der Waals surface area contributed by atoms with Crippen molar-refractivity contribution in [2.24, 2.45) is 0 Å². The van der Waals surface area contributed by atoms with Gasteiger partial charge in [0.2, 0.25) is 0 Å². The summed E-state index contributed by atoms with van der Waals surface area (Å²) in [5.41, 5.74) is 0. The predicted octanol–water partition coefficient (Wildman–Crippen LogP) is 5.82. The molecule has 3 heteroatoms. The summed E-state index contributed by atoms with van der Waals surface area (Å²) in [5.74, 6) is 0. The Morgan fingerprint density at radius 2 is 1.65 bits per heavy atom. The van der Waals surface area contributed by atoms with Crippen molar-refractivity contribution in [3.63, 3.8) is 0 Å². The Kier molecular flexibility index (Phi) is 12.1. The van der Waals surface area contributed by atoms with E-state index in [9.17, 15) is 0 Å². The Hall–Kier alpha value is 0.400. The van der Waals surface area contributed by atoms with Gasteiger partial charge in [-0.1, -0.05) is 67.8 Å². The average molecular weight is 349 g/mol. The van der Waals surface area contributed by atoms with Crippen molar-refractivity contribution in [3.8, 4) is 0 Å². The van der Waals surface area contributed by atoms with Crippen LogP contribution in [0.4, 0.5) is 0 Å². The highest BCUT2D eigenvalue weighted by atomic mass is 79.9. The number of hydrogen-bond donors (Lipinski definition) is 0. The first-order valence-corrected chi connectivity index (χ1v) is 9.58. The Labute approximate surface area is 134 Å². The van der Waals surface area contributed by atoms with E-state index in [1.807, 2.05) is 0 Å². The van der Waals surface area contributed by atoms with E-state index in [4.69, 9.17) is 9.47 Å². The number of halogens is 1. The second-order valence-corrected chi connectivity index (χ2v) is 7.63. The summed E-state index contributed by atoms with van der Waals surface area (Å²) in [4.78, 5) is 0.690. The van der Waals surface area contributed by atoms with Crippen LogP contribution in [-0.2, 0) is 9.47 Å². The maximum absolute atomic E-state index is 5.74. The molecule has 0 aromatic heterocycles. The number of hydrogen-bond acceptors (Lipinski definition) is 2. The lowest BCUT2D eigenvalue weighted by Crippen LogP contribution is -2.22. The van der Waals surface area contributed by atoms with Crippen LogP contribution < -0.4 is 0 Å². The molecule has 0 aliphatic carbocycles. The Morgan fingerprint density at radius 1 is 1.00 bits per heavy atom. The van der Waals surface area contributed by atoms with Crippen LogP contribution in [0.1, 0.15) is 84.0 Å². The second-order valence-electron chi connectivity index (χ2n) is 6.06. The molecule has 120 valence electrons. The summed E-state index contributed by atoms with van der Waals surface area (Å²) in [6, 6.07) is 0. The zero-order chi connectivity index (χ0) is 14.5. The molecule has 1 aliphatic rings.